The van der Waals surface area contributed by atoms with E-state index in [0.717, 1.165) is 24.0 Å². The van der Waals surface area contributed by atoms with Crippen molar-refractivity contribution in [2.24, 2.45) is 10.8 Å². The zero-order chi connectivity index (χ0) is 49.8. The monoisotopic (exact) mass is 935 g/mol. The van der Waals surface area contributed by atoms with Gasteiger partial charge in [0.1, 0.15) is 12.1 Å². The third-order valence-electron chi connectivity index (χ3n) is 13.6. The fourth-order valence-electron chi connectivity index (χ4n) is 9.09. The molecule has 0 saturated carbocycles. The molecular formula is C54H78N8O6. The van der Waals surface area contributed by atoms with Gasteiger partial charge in [-0.3, -0.25) is 28.8 Å². The zero-order valence-electron chi connectivity index (χ0n) is 42.3. The van der Waals surface area contributed by atoms with Crippen LogP contribution in [0.4, 0.5) is 0 Å². The molecule has 68 heavy (non-hydrogen) atoms. The van der Waals surface area contributed by atoms with Crippen LogP contribution in [-0.2, 0) is 32.0 Å². The average molecular weight is 935 g/mol. The molecule has 6 amide bonds. The third-order valence-corrected chi connectivity index (χ3v) is 13.6. The molecule has 2 heterocycles. The quantitative estimate of drug-likeness (QED) is 0.119. The van der Waals surface area contributed by atoms with E-state index in [1.807, 2.05) is 112 Å². The molecule has 2 aliphatic rings. The fraction of sp³-hybridized carbons (Fsp3) is 0.556. The van der Waals surface area contributed by atoms with Crippen molar-refractivity contribution in [1.82, 2.24) is 40.9 Å². The number of carbonyl (C=O) groups is 6. The predicted molar refractivity (Wildman–Crippen MR) is 268 cm³/mol. The van der Waals surface area contributed by atoms with Gasteiger partial charge in [0.2, 0.25) is 23.6 Å². The Morgan fingerprint density at radius 3 is 1.28 bits per heavy atom. The van der Waals surface area contributed by atoms with Gasteiger partial charge >= 0.3 is 0 Å². The Kier molecular flexibility index (Phi) is 18.9. The Morgan fingerprint density at radius 1 is 0.574 bits per heavy atom. The van der Waals surface area contributed by atoms with Gasteiger partial charge in [-0.25, -0.2) is 0 Å². The highest BCUT2D eigenvalue weighted by Crippen LogP contribution is 2.29. The highest BCUT2D eigenvalue weighted by atomic mass is 16.2. The number of rotatable bonds is 20. The molecule has 3 aromatic rings. The maximum absolute atomic E-state index is 14.9. The molecule has 14 nitrogen and oxygen atoms in total. The second-order valence-electron chi connectivity index (χ2n) is 20.8. The lowest BCUT2D eigenvalue weighted by molar-refractivity contribution is -0.141. The summed E-state index contributed by atoms with van der Waals surface area (Å²) in [6.07, 6.45) is 4.11. The number of likely N-dealkylation sites (N-methyl/N-ethyl adjacent to an activating group) is 2. The van der Waals surface area contributed by atoms with Crippen LogP contribution >= 0.6 is 0 Å². The van der Waals surface area contributed by atoms with E-state index in [2.05, 4.69) is 21.3 Å². The van der Waals surface area contributed by atoms with Crippen molar-refractivity contribution in [2.75, 3.05) is 53.4 Å². The third kappa shape index (κ3) is 14.2. The molecule has 370 valence electrons. The van der Waals surface area contributed by atoms with E-state index in [-0.39, 0.29) is 60.6 Å². The minimum absolute atomic E-state index is 0.167. The molecule has 6 atom stereocenters. The maximum Gasteiger partial charge on any atom is 0.253 e. The number of nitrogens with one attached hydrogen (secondary N) is 4. The minimum Gasteiger partial charge on any atom is -0.342 e. The van der Waals surface area contributed by atoms with Crippen molar-refractivity contribution in [2.45, 2.75) is 130 Å². The van der Waals surface area contributed by atoms with Crippen LogP contribution in [0.5, 0.6) is 0 Å². The second kappa shape index (κ2) is 24.1. The maximum atomic E-state index is 14.9. The van der Waals surface area contributed by atoms with Crippen LogP contribution in [0.2, 0.25) is 0 Å². The molecule has 1 unspecified atom stereocenters. The van der Waals surface area contributed by atoms with Crippen molar-refractivity contribution >= 4 is 35.4 Å². The molecule has 0 bridgehead atoms. The number of carbonyl (C=O) groups excluding carboxylic acids is 6. The molecule has 0 spiro atoms. The highest BCUT2D eigenvalue weighted by molar-refractivity contribution is 6.00. The van der Waals surface area contributed by atoms with Gasteiger partial charge in [0, 0.05) is 62.5 Å². The lowest BCUT2D eigenvalue weighted by atomic mass is 9.85. The van der Waals surface area contributed by atoms with Crippen molar-refractivity contribution in [1.29, 1.82) is 0 Å². The van der Waals surface area contributed by atoms with Gasteiger partial charge in [-0.1, -0.05) is 108 Å². The molecule has 0 aromatic heterocycles. The van der Waals surface area contributed by atoms with Crippen LogP contribution in [0.1, 0.15) is 113 Å². The Labute approximate surface area is 405 Å². The molecule has 14 heteroatoms. The van der Waals surface area contributed by atoms with Gasteiger partial charge in [0.05, 0.1) is 12.1 Å². The fourth-order valence-corrected chi connectivity index (χ4v) is 9.09. The number of hydrogen-bond donors (Lipinski definition) is 4. The van der Waals surface area contributed by atoms with Crippen molar-refractivity contribution in [3.05, 3.63) is 107 Å². The molecule has 2 fully saturated rings. The minimum atomic E-state index is -0.769. The number of likely N-dealkylation sites (tertiary alicyclic amines) is 2. The first-order chi connectivity index (χ1) is 32.2. The molecule has 2 saturated heterocycles. The molecule has 3 aromatic carbocycles. The summed E-state index contributed by atoms with van der Waals surface area (Å²) in [7, 11) is 3.41. The Hall–Kier alpha value is -5.60. The summed E-state index contributed by atoms with van der Waals surface area (Å²) in [6, 6.07) is 23.8. The smallest absolute Gasteiger partial charge is 0.253 e. The SMILES string of the molecule is CN[C@@H](C)C(=O)N[C@H](C(=O)N1CCCC1CN(CCc1ccccc1)C(=O)c1cccc(C(=O)N(CCc2ccccc2)C[C@@H]2CCCN2C(=O)[C@@H](NC(=O)[C@H](C)NC)C(C)(C)C)c1)C(C)(C)C. The van der Waals surface area contributed by atoms with Crippen LogP contribution < -0.4 is 21.3 Å². The first kappa shape index (κ1) is 53.4. The molecule has 2 aliphatic heterocycles. The van der Waals surface area contributed by atoms with Crippen LogP contribution in [0, 0.1) is 10.8 Å². The Balaban J connectivity index is 1.42. The largest absolute Gasteiger partial charge is 0.342 e. The summed E-state index contributed by atoms with van der Waals surface area (Å²) in [5, 5.41) is 11.9. The molecule has 5 rings (SSSR count). The van der Waals surface area contributed by atoms with Crippen LogP contribution in [0.3, 0.4) is 0 Å². The summed E-state index contributed by atoms with van der Waals surface area (Å²) in [5.41, 5.74) is 1.73. The average Bonchev–Trinajstić information content (AvgIpc) is 4.00. The summed E-state index contributed by atoms with van der Waals surface area (Å²) >= 11 is 0. The Bertz CT molecular complexity index is 2020. The topological polar surface area (TPSA) is 163 Å². The van der Waals surface area contributed by atoms with Crippen molar-refractivity contribution in [3.8, 4) is 0 Å². The van der Waals surface area contributed by atoms with E-state index in [1.165, 1.54) is 0 Å². The number of nitrogens with zero attached hydrogens (tertiary/aromatic N) is 4. The molecular weight excluding hydrogens is 857 g/mol. The van der Waals surface area contributed by atoms with E-state index in [1.54, 1.807) is 62.0 Å². The number of amides is 6. The van der Waals surface area contributed by atoms with Crippen molar-refractivity contribution < 1.29 is 28.8 Å². The summed E-state index contributed by atoms with van der Waals surface area (Å²) in [6.45, 7) is 17.5. The standard InChI is InChI=1S/C54H78N8O6/c1-37(55-9)47(63)57-45(53(3,4)5)51(67)61-30-18-26-43(61)35-59(32-28-39-20-13-11-14-21-39)49(65)41-24-17-25-42(34-41)50(66)60(33-29-40-22-15-12-16-23-40)36-44-27-19-31-62(44)52(68)46(54(6,7)8)58-48(64)38(2)56-10/h11-17,20-25,34,37-38,43-46,55-56H,18-19,26-33,35-36H2,1-10H3,(H,57,63)(H,58,64)/t37-,38-,43-,44?,45+,46+/m0/s1. The van der Waals surface area contributed by atoms with E-state index < -0.39 is 35.0 Å². The van der Waals surface area contributed by atoms with Crippen LogP contribution in [0.25, 0.3) is 0 Å². The predicted octanol–water partition coefficient (Wildman–Crippen LogP) is 5.32. The molecule has 0 radical (unpaired) electrons. The Morgan fingerprint density at radius 2 is 0.941 bits per heavy atom. The molecule has 0 aliphatic carbocycles. The number of benzene rings is 3. The molecule has 4 N–H and O–H groups in total. The van der Waals surface area contributed by atoms with Gasteiger partial charge in [0.15, 0.2) is 0 Å². The van der Waals surface area contributed by atoms with Gasteiger partial charge in [0.25, 0.3) is 11.8 Å². The second-order valence-corrected chi connectivity index (χ2v) is 20.8. The van der Waals surface area contributed by atoms with Crippen LogP contribution in [-0.4, -0.2) is 145 Å². The zero-order valence-corrected chi connectivity index (χ0v) is 42.3. The normalized spacial score (nSPS) is 18.0. The first-order valence-corrected chi connectivity index (χ1v) is 24.6. The van der Waals surface area contributed by atoms with E-state index >= 15 is 0 Å². The van der Waals surface area contributed by atoms with Gasteiger partial charge in [-0.2, -0.15) is 0 Å². The van der Waals surface area contributed by atoms with Gasteiger partial charge in [-0.05, 0) is 107 Å². The van der Waals surface area contributed by atoms with Crippen LogP contribution in [0.15, 0.2) is 84.9 Å². The first-order valence-electron chi connectivity index (χ1n) is 24.6. The van der Waals surface area contributed by atoms with Gasteiger partial charge in [-0.15, -0.1) is 0 Å². The summed E-state index contributed by atoms with van der Waals surface area (Å²) < 4.78 is 0. The van der Waals surface area contributed by atoms with E-state index in [4.69, 9.17) is 0 Å². The lowest BCUT2D eigenvalue weighted by Crippen LogP contribution is -2.59. The summed E-state index contributed by atoms with van der Waals surface area (Å²) in [4.78, 5) is 92.0. The van der Waals surface area contributed by atoms with E-state index in [9.17, 15) is 28.8 Å². The van der Waals surface area contributed by atoms with E-state index in [0.29, 0.717) is 63.0 Å². The lowest BCUT2D eigenvalue weighted by Gasteiger charge is -2.38. The van der Waals surface area contributed by atoms with Crippen molar-refractivity contribution in [3.63, 3.8) is 0 Å². The van der Waals surface area contributed by atoms with Gasteiger partial charge < -0.3 is 40.9 Å². The summed E-state index contributed by atoms with van der Waals surface area (Å²) in [5.74, 6) is -1.34. The highest BCUT2D eigenvalue weighted by Gasteiger charge is 2.43. The number of hydrogen-bond acceptors (Lipinski definition) is 8.